The molecule has 0 bridgehead atoms. The minimum Gasteiger partial charge on any atom is -0.389 e. The van der Waals surface area contributed by atoms with E-state index in [-0.39, 0.29) is 5.60 Å². The highest BCUT2D eigenvalue weighted by Gasteiger charge is 2.35. The van der Waals surface area contributed by atoms with Gasteiger partial charge in [0.25, 0.3) is 0 Å². The number of aliphatic hydroxyl groups is 1. The zero-order chi connectivity index (χ0) is 10.9. The van der Waals surface area contributed by atoms with Gasteiger partial charge in [-0.05, 0) is 37.6 Å². The molecule has 2 rings (SSSR count). The van der Waals surface area contributed by atoms with Crippen LogP contribution in [0.2, 0.25) is 0 Å². The molecule has 0 aromatic rings. The fraction of sp³-hybridized carbons (Fsp3) is 1.00. The van der Waals surface area contributed by atoms with E-state index >= 15 is 0 Å². The number of rotatable bonds is 2. The Labute approximate surface area is 93.7 Å². The van der Waals surface area contributed by atoms with Gasteiger partial charge in [-0.1, -0.05) is 26.7 Å². The lowest BCUT2D eigenvalue weighted by atomic mass is 9.83. The summed E-state index contributed by atoms with van der Waals surface area (Å²) in [6, 6.07) is 0. The largest absolute Gasteiger partial charge is 0.389 e. The van der Waals surface area contributed by atoms with Crippen LogP contribution >= 0.6 is 0 Å². The fourth-order valence-electron chi connectivity index (χ4n) is 3.29. The Bertz CT molecular complexity index is 219. The second-order valence-electron chi connectivity index (χ2n) is 6.41. The molecule has 2 heteroatoms. The first-order valence-electron chi connectivity index (χ1n) is 6.44. The van der Waals surface area contributed by atoms with Gasteiger partial charge >= 0.3 is 0 Å². The summed E-state index contributed by atoms with van der Waals surface area (Å²) in [7, 11) is 0. The molecule has 0 aromatic carbocycles. The van der Waals surface area contributed by atoms with Gasteiger partial charge in [0.05, 0.1) is 5.60 Å². The highest BCUT2D eigenvalue weighted by Crippen LogP contribution is 2.34. The molecule has 15 heavy (non-hydrogen) atoms. The summed E-state index contributed by atoms with van der Waals surface area (Å²) in [4.78, 5) is 2.48. The fourth-order valence-corrected chi connectivity index (χ4v) is 3.29. The van der Waals surface area contributed by atoms with Crippen molar-refractivity contribution in [3.63, 3.8) is 0 Å². The minimum absolute atomic E-state index is 0.354. The van der Waals surface area contributed by atoms with Gasteiger partial charge in [0.2, 0.25) is 0 Å². The SMILES string of the molecule is CC1(C)CCCN(CC2(O)CCCC2)C1. The van der Waals surface area contributed by atoms with Crippen molar-refractivity contribution in [2.75, 3.05) is 19.6 Å². The first-order valence-corrected chi connectivity index (χ1v) is 6.44. The summed E-state index contributed by atoms with van der Waals surface area (Å²) >= 11 is 0. The Morgan fingerprint density at radius 3 is 2.33 bits per heavy atom. The third-order valence-electron chi connectivity index (χ3n) is 4.03. The molecule has 1 N–H and O–H groups in total. The molecule has 1 aliphatic heterocycles. The number of nitrogens with zero attached hydrogens (tertiary/aromatic N) is 1. The van der Waals surface area contributed by atoms with Crippen LogP contribution in [0, 0.1) is 5.41 Å². The second kappa shape index (κ2) is 4.06. The first kappa shape index (κ1) is 11.4. The van der Waals surface area contributed by atoms with E-state index in [4.69, 9.17) is 0 Å². The van der Waals surface area contributed by atoms with E-state index in [1.165, 1.54) is 32.2 Å². The third-order valence-corrected chi connectivity index (χ3v) is 4.03. The summed E-state index contributed by atoms with van der Waals surface area (Å²) in [5, 5.41) is 10.4. The Morgan fingerprint density at radius 1 is 1.07 bits per heavy atom. The zero-order valence-electron chi connectivity index (χ0n) is 10.3. The Balaban J connectivity index is 1.88. The van der Waals surface area contributed by atoms with Crippen LogP contribution in [0.5, 0.6) is 0 Å². The molecular weight excluding hydrogens is 186 g/mol. The van der Waals surface area contributed by atoms with Crippen LogP contribution in [-0.4, -0.2) is 35.2 Å². The molecule has 2 aliphatic rings. The van der Waals surface area contributed by atoms with Crippen LogP contribution in [0.4, 0.5) is 0 Å². The topological polar surface area (TPSA) is 23.5 Å². The first-order chi connectivity index (χ1) is 6.99. The zero-order valence-corrected chi connectivity index (χ0v) is 10.3. The lowest BCUT2D eigenvalue weighted by Gasteiger charge is -2.41. The van der Waals surface area contributed by atoms with Gasteiger partial charge in [-0.25, -0.2) is 0 Å². The Morgan fingerprint density at radius 2 is 1.73 bits per heavy atom. The molecule has 2 nitrogen and oxygen atoms in total. The van der Waals surface area contributed by atoms with Gasteiger partial charge in [0.1, 0.15) is 0 Å². The predicted octanol–water partition coefficient (Wildman–Crippen LogP) is 2.41. The summed E-state index contributed by atoms with van der Waals surface area (Å²) in [5.74, 6) is 0. The highest BCUT2D eigenvalue weighted by atomic mass is 16.3. The van der Waals surface area contributed by atoms with E-state index in [1.54, 1.807) is 0 Å². The maximum Gasteiger partial charge on any atom is 0.0774 e. The average molecular weight is 211 g/mol. The summed E-state index contributed by atoms with van der Waals surface area (Å²) in [6.07, 6.45) is 7.10. The number of likely N-dealkylation sites (tertiary alicyclic amines) is 1. The monoisotopic (exact) mass is 211 g/mol. The highest BCUT2D eigenvalue weighted by molar-refractivity contribution is 4.90. The van der Waals surface area contributed by atoms with Crippen molar-refractivity contribution in [2.24, 2.45) is 5.41 Å². The smallest absolute Gasteiger partial charge is 0.0774 e. The average Bonchev–Trinajstić information content (AvgIpc) is 2.49. The van der Waals surface area contributed by atoms with Gasteiger partial charge in [-0.3, -0.25) is 4.90 Å². The minimum atomic E-state index is -0.354. The number of hydrogen-bond acceptors (Lipinski definition) is 2. The molecule has 1 aliphatic carbocycles. The van der Waals surface area contributed by atoms with Crippen molar-refractivity contribution >= 4 is 0 Å². The second-order valence-corrected chi connectivity index (χ2v) is 6.41. The van der Waals surface area contributed by atoms with Crippen molar-refractivity contribution in [3.8, 4) is 0 Å². The van der Waals surface area contributed by atoms with Crippen molar-refractivity contribution in [2.45, 2.75) is 58.0 Å². The normalized spacial score (nSPS) is 30.6. The quantitative estimate of drug-likeness (QED) is 0.758. The molecule has 0 atom stereocenters. The van der Waals surface area contributed by atoms with E-state index in [0.29, 0.717) is 5.41 Å². The Kier molecular flexibility index (Phi) is 3.09. The number of piperidine rings is 1. The van der Waals surface area contributed by atoms with Gasteiger partial charge in [0, 0.05) is 13.1 Å². The summed E-state index contributed by atoms with van der Waals surface area (Å²) in [6.45, 7) is 7.95. The van der Waals surface area contributed by atoms with E-state index < -0.39 is 0 Å². The van der Waals surface area contributed by atoms with Crippen LogP contribution in [-0.2, 0) is 0 Å². The van der Waals surface area contributed by atoms with Crippen LogP contribution < -0.4 is 0 Å². The van der Waals surface area contributed by atoms with Gasteiger partial charge < -0.3 is 5.11 Å². The molecule has 0 radical (unpaired) electrons. The standard InChI is InChI=1S/C13H25NO/c1-12(2)6-5-9-14(10-12)11-13(15)7-3-4-8-13/h15H,3-11H2,1-2H3. The summed E-state index contributed by atoms with van der Waals surface area (Å²) in [5.41, 5.74) is 0.0979. The van der Waals surface area contributed by atoms with E-state index in [1.807, 2.05) is 0 Å². The molecule has 1 heterocycles. The molecular formula is C13H25NO. The molecule has 88 valence electrons. The maximum atomic E-state index is 10.4. The van der Waals surface area contributed by atoms with Crippen molar-refractivity contribution in [3.05, 3.63) is 0 Å². The number of β-amino-alcohol motifs (C(OH)–C–C–N with tert-alkyl or cyclic N) is 1. The molecule has 0 aromatic heterocycles. The molecule has 1 saturated carbocycles. The van der Waals surface area contributed by atoms with E-state index in [0.717, 1.165) is 25.9 Å². The molecule has 2 fully saturated rings. The molecule has 0 spiro atoms. The van der Waals surface area contributed by atoms with Gasteiger partial charge in [-0.15, -0.1) is 0 Å². The lowest BCUT2D eigenvalue weighted by molar-refractivity contribution is -0.0117. The van der Waals surface area contributed by atoms with Gasteiger partial charge in [-0.2, -0.15) is 0 Å². The third kappa shape index (κ3) is 2.94. The van der Waals surface area contributed by atoms with Crippen LogP contribution in [0.3, 0.4) is 0 Å². The van der Waals surface area contributed by atoms with E-state index in [2.05, 4.69) is 18.7 Å². The van der Waals surface area contributed by atoms with Crippen LogP contribution in [0.25, 0.3) is 0 Å². The van der Waals surface area contributed by atoms with Crippen molar-refractivity contribution in [1.82, 2.24) is 4.90 Å². The van der Waals surface area contributed by atoms with Crippen molar-refractivity contribution < 1.29 is 5.11 Å². The predicted molar refractivity (Wildman–Crippen MR) is 62.9 cm³/mol. The lowest BCUT2D eigenvalue weighted by Crippen LogP contribution is -2.47. The summed E-state index contributed by atoms with van der Waals surface area (Å²) < 4.78 is 0. The Hall–Kier alpha value is -0.0800. The van der Waals surface area contributed by atoms with Crippen LogP contribution in [0.1, 0.15) is 52.4 Å². The number of hydrogen-bond donors (Lipinski definition) is 1. The van der Waals surface area contributed by atoms with E-state index in [9.17, 15) is 5.11 Å². The van der Waals surface area contributed by atoms with Gasteiger partial charge in [0.15, 0.2) is 0 Å². The molecule has 0 amide bonds. The maximum absolute atomic E-state index is 10.4. The molecule has 0 unspecified atom stereocenters. The van der Waals surface area contributed by atoms with Crippen molar-refractivity contribution in [1.29, 1.82) is 0 Å². The molecule has 1 saturated heterocycles. The van der Waals surface area contributed by atoms with Crippen LogP contribution in [0.15, 0.2) is 0 Å².